The molecule has 0 saturated heterocycles. The molecule has 2 N–H and O–H groups in total. The largest absolute Gasteiger partial charge is 0.396 e. The highest BCUT2D eigenvalue weighted by molar-refractivity contribution is 7.87. The normalized spacial score (nSPS) is 35.9. The van der Waals surface area contributed by atoms with Gasteiger partial charge in [-0.15, -0.1) is 0 Å². The van der Waals surface area contributed by atoms with Crippen molar-refractivity contribution < 1.29 is 13.5 Å². The molecule has 2 aliphatic rings. The van der Waals surface area contributed by atoms with E-state index in [9.17, 15) is 13.5 Å². The molecule has 0 radical (unpaired) electrons. The maximum Gasteiger partial charge on any atom is 0.279 e. The molecule has 0 amide bonds. The van der Waals surface area contributed by atoms with E-state index < -0.39 is 10.2 Å². The van der Waals surface area contributed by atoms with E-state index in [-0.39, 0.29) is 24.6 Å². The molecule has 2 fully saturated rings. The zero-order chi connectivity index (χ0) is 13.5. The minimum atomic E-state index is -3.44. The lowest BCUT2D eigenvalue weighted by molar-refractivity contribution is 0.152. The molecule has 2 aliphatic carbocycles. The minimum Gasteiger partial charge on any atom is -0.396 e. The highest BCUT2D eigenvalue weighted by atomic mass is 32.2. The van der Waals surface area contributed by atoms with E-state index >= 15 is 0 Å². The van der Waals surface area contributed by atoms with Crippen LogP contribution >= 0.6 is 0 Å². The van der Waals surface area contributed by atoms with Crippen LogP contribution in [0.4, 0.5) is 0 Å². The summed E-state index contributed by atoms with van der Waals surface area (Å²) < 4.78 is 28.6. The van der Waals surface area contributed by atoms with Crippen LogP contribution in [0.15, 0.2) is 0 Å². The van der Waals surface area contributed by atoms with Gasteiger partial charge < -0.3 is 5.11 Å². The predicted molar refractivity (Wildman–Crippen MR) is 70.1 cm³/mol. The number of nitrogens with one attached hydrogen (secondary N) is 1. The zero-order valence-electron chi connectivity index (χ0n) is 11.3. The number of nitrogens with zero attached hydrogens (tertiary/aromatic N) is 1. The first-order valence-corrected chi connectivity index (χ1v) is 8.17. The molecule has 4 unspecified atom stereocenters. The van der Waals surface area contributed by atoms with Gasteiger partial charge in [0.15, 0.2) is 0 Å². The van der Waals surface area contributed by atoms with Crippen molar-refractivity contribution in [1.82, 2.24) is 9.03 Å². The highest BCUT2D eigenvalue weighted by Gasteiger charge is 2.48. The standard InChI is InChI=1S/C12H24N2O3S/c1-8(2)14(3)18(16,17)13-12-10-5-4-9(6-10)11(12)7-15/h8-13,15H,4-7H2,1-3H3. The Morgan fingerprint density at radius 1 is 1.33 bits per heavy atom. The van der Waals surface area contributed by atoms with Crippen LogP contribution in [0.2, 0.25) is 0 Å². The van der Waals surface area contributed by atoms with Crippen LogP contribution in [0.1, 0.15) is 33.1 Å². The van der Waals surface area contributed by atoms with Crippen molar-refractivity contribution in [2.24, 2.45) is 17.8 Å². The van der Waals surface area contributed by atoms with Gasteiger partial charge in [0.1, 0.15) is 0 Å². The summed E-state index contributed by atoms with van der Waals surface area (Å²) in [6.45, 7) is 3.78. The second-order valence-corrected chi connectivity index (χ2v) is 7.70. The molecule has 2 saturated carbocycles. The first-order chi connectivity index (χ1) is 8.36. The Hall–Kier alpha value is -0.170. The number of hydrogen-bond acceptors (Lipinski definition) is 3. The van der Waals surface area contributed by atoms with Gasteiger partial charge in [-0.25, -0.2) is 0 Å². The quantitative estimate of drug-likeness (QED) is 0.771. The summed E-state index contributed by atoms with van der Waals surface area (Å²) in [4.78, 5) is 0. The van der Waals surface area contributed by atoms with Gasteiger partial charge in [0.05, 0.1) is 0 Å². The van der Waals surface area contributed by atoms with Crippen LogP contribution in [0, 0.1) is 17.8 Å². The highest BCUT2D eigenvalue weighted by Crippen LogP contribution is 2.48. The van der Waals surface area contributed by atoms with E-state index in [1.807, 2.05) is 13.8 Å². The fraction of sp³-hybridized carbons (Fsp3) is 1.00. The molecular formula is C12H24N2O3S. The van der Waals surface area contributed by atoms with E-state index in [1.54, 1.807) is 7.05 Å². The number of fused-ring (bicyclic) bond motifs is 2. The van der Waals surface area contributed by atoms with Crippen molar-refractivity contribution in [3.63, 3.8) is 0 Å². The van der Waals surface area contributed by atoms with E-state index in [4.69, 9.17) is 0 Å². The van der Waals surface area contributed by atoms with Crippen LogP contribution < -0.4 is 4.72 Å². The molecule has 0 aromatic heterocycles. The molecule has 5 nitrogen and oxygen atoms in total. The van der Waals surface area contributed by atoms with Crippen molar-refractivity contribution in [3.8, 4) is 0 Å². The maximum atomic E-state index is 12.2. The van der Waals surface area contributed by atoms with Gasteiger partial charge >= 0.3 is 0 Å². The molecule has 2 bridgehead atoms. The lowest BCUT2D eigenvalue weighted by Gasteiger charge is -2.32. The summed E-state index contributed by atoms with van der Waals surface area (Å²) in [7, 11) is -1.84. The zero-order valence-corrected chi connectivity index (χ0v) is 12.2. The van der Waals surface area contributed by atoms with Crippen molar-refractivity contribution in [1.29, 1.82) is 0 Å². The Morgan fingerprint density at radius 2 is 1.94 bits per heavy atom. The van der Waals surface area contributed by atoms with Gasteiger partial charge in [0.25, 0.3) is 10.2 Å². The van der Waals surface area contributed by atoms with Crippen LogP contribution in [0.3, 0.4) is 0 Å². The fourth-order valence-corrected chi connectivity index (χ4v) is 4.82. The fourth-order valence-electron chi connectivity index (χ4n) is 3.39. The molecule has 18 heavy (non-hydrogen) atoms. The van der Waals surface area contributed by atoms with Crippen LogP contribution in [-0.4, -0.2) is 43.6 Å². The summed E-state index contributed by atoms with van der Waals surface area (Å²) in [6, 6.07) is -0.145. The monoisotopic (exact) mass is 276 g/mol. The van der Waals surface area contributed by atoms with E-state index in [2.05, 4.69) is 4.72 Å². The van der Waals surface area contributed by atoms with Gasteiger partial charge in [0.2, 0.25) is 0 Å². The van der Waals surface area contributed by atoms with Crippen LogP contribution in [0.5, 0.6) is 0 Å². The van der Waals surface area contributed by atoms with Gasteiger partial charge in [-0.3, -0.25) is 0 Å². The summed E-state index contributed by atoms with van der Waals surface area (Å²) in [5, 5.41) is 9.45. The second-order valence-electron chi connectivity index (χ2n) is 5.94. The number of aliphatic hydroxyl groups excluding tert-OH is 1. The smallest absolute Gasteiger partial charge is 0.279 e. The third-order valence-corrected chi connectivity index (χ3v) is 6.44. The molecular weight excluding hydrogens is 252 g/mol. The first-order valence-electron chi connectivity index (χ1n) is 6.73. The van der Waals surface area contributed by atoms with Crippen molar-refractivity contribution in [2.75, 3.05) is 13.7 Å². The predicted octanol–water partition coefficient (Wildman–Crippen LogP) is 0.568. The number of rotatable bonds is 5. The summed E-state index contributed by atoms with van der Waals surface area (Å²) >= 11 is 0. The SMILES string of the molecule is CC(C)N(C)S(=O)(=O)NC1C2CCC(C2)C1CO. The topological polar surface area (TPSA) is 69.6 Å². The summed E-state index contributed by atoms with van der Waals surface area (Å²) in [6.07, 6.45) is 3.28. The lowest BCUT2D eigenvalue weighted by atomic mass is 9.86. The second kappa shape index (κ2) is 5.07. The Labute approximate surface area is 110 Å². The van der Waals surface area contributed by atoms with Gasteiger partial charge in [-0.05, 0) is 44.9 Å². The number of aliphatic hydroxyl groups is 1. The third kappa shape index (κ3) is 2.43. The average Bonchev–Trinajstić information content (AvgIpc) is 2.87. The molecule has 4 atom stereocenters. The van der Waals surface area contributed by atoms with Crippen LogP contribution in [0.25, 0.3) is 0 Å². The van der Waals surface area contributed by atoms with Gasteiger partial charge in [-0.1, -0.05) is 0 Å². The van der Waals surface area contributed by atoms with Crippen molar-refractivity contribution >= 4 is 10.2 Å². The van der Waals surface area contributed by atoms with Gasteiger partial charge in [0, 0.05) is 31.7 Å². The van der Waals surface area contributed by atoms with Crippen LogP contribution in [-0.2, 0) is 10.2 Å². The Kier molecular flexibility index (Phi) is 4.02. The maximum absolute atomic E-state index is 12.2. The van der Waals surface area contributed by atoms with E-state index in [0.717, 1.165) is 19.3 Å². The Balaban J connectivity index is 2.09. The molecule has 6 heteroatoms. The Bertz CT molecular complexity index is 396. The molecule has 106 valence electrons. The first kappa shape index (κ1) is 14.2. The summed E-state index contributed by atoms with van der Waals surface area (Å²) in [5.74, 6) is 0.999. The minimum absolute atomic E-state index is 0.0614. The summed E-state index contributed by atoms with van der Waals surface area (Å²) in [5.41, 5.74) is 0. The number of hydrogen-bond donors (Lipinski definition) is 2. The third-order valence-electron chi connectivity index (χ3n) is 4.69. The Morgan fingerprint density at radius 3 is 2.50 bits per heavy atom. The van der Waals surface area contributed by atoms with Gasteiger partial charge in [-0.2, -0.15) is 17.4 Å². The molecule has 0 heterocycles. The van der Waals surface area contributed by atoms with E-state index in [0.29, 0.717) is 11.8 Å². The molecule has 0 aromatic carbocycles. The van der Waals surface area contributed by atoms with Crippen molar-refractivity contribution in [2.45, 2.75) is 45.2 Å². The molecule has 0 spiro atoms. The molecule has 0 aromatic rings. The van der Waals surface area contributed by atoms with E-state index in [1.165, 1.54) is 4.31 Å². The molecule has 0 aliphatic heterocycles. The average molecular weight is 276 g/mol. The molecule has 2 rings (SSSR count). The lowest BCUT2D eigenvalue weighted by Crippen LogP contribution is -2.51. The van der Waals surface area contributed by atoms with Crippen molar-refractivity contribution in [3.05, 3.63) is 0 Å².